The molecule has 0 atom stereocenters. The zero-order valence-electron chi connectivity index (χ0n) is 14.9. The summed E-state index contributed by atoms with van der Waals surface area (Å²) in [6.45, 7) is 4.32. The Bertz CT molecular complexity index is 1070. The quantitative estimate of drug-likeness (QED) is 0.278. The van der Waals surface area contributed by atoms with Crippen LogP contribution in [0, 0.1) is 0 Å². The molecule has 0 aliphatic heterocycles. The van der Waals surface area contributed by atoms with Crippen molar-refractivity contribution in [1.29, 1.82) is 0 Å². The van der Waals surface area contributed by atoms with Crippen LogP contribution in [0.1, 0.15) is 19.4 Å². The number of benzene rings is 4. The van der Waals surface area contributed by atoms with Gasteiger partial charge >= 0.3 is 7.60 Å². The second-order valence-corrected chi connectivity index (χ2v) is 8.14. The average molecular weight is 364 g/mol. The van der Waals surface area contributed by atoms with Gasteiger partial charge in [-0.05, 0) is 69.9 Å². The molecule has 4 aromatic rings. The molecule has 0 spiro atoms. The van der Waals surface area contributed by atoms with Crippen molar-refractivity contribution in [2.75, 3.05) is 13.2 Å². The topological polar surface area (TPSA) is 35.5 Å². The van der Waals surface area contributed by atoms with Gasteiger partial charge in [0.15, 0.2) is 0 Å². The predicted molar refractivity (Wildman–Crippen MR) is 110 cm³/mol. The van der Waals surface area contributed by atoms with E-state index in [2.05, 4.69) is 54.6 Å². The number of hydrogen-bond donors (Lipinski definition) is 0. The van der Waals surface area contributed by atoms with Crippen molar-refractivity contribution in [2.24, 2.45) is 0 Å². The first-order valence-electron chi connectivity index (χ1n) is 8.89. The highest BCUT2D eigenvalue weighted by molar-refractivity contribution is 7.57. The minimum atomic E-state index is -3.19. The molecule has 0 amide bonds. The molecule has 0 aliphatic rings. The van der Waals surface area contributed by atoms with Gasteiger partial charge in [0.1, 0.15) is 0 Å². The first-order valence-corrected chi connectivity index (χ1v) is 10.5. The lowest BCUT2D eigenvalue weighted by Crippen LogP contribution is -1.92. The first-order chi connectivity index (χ1) is 12.6. The predicted octanol–water partition coefficient (Wildman–Crippen LogP) is 6.82. The molecule has 0 N–H and O–H groups in total. The maximum Gasteiger partial charge on any atom is 0.354 e. The smallest absolute Gasteiger partial charge is 0.306 e. The van der Waals surface area contributed by atoms with Gasteiger partial charge in [-0.3, -0.25) is 4.57 Å². The van der Waals surface area contributed by atoms with Crippen molar-refractivity contribution in [3.8, 4) is 0 Å². The highest BCUT2D eigenvalue weighted by Crippen LogP contribution is 2.50. The van der Waals surface area contributed by atoms with Crippen LogP contribution >= 0.6 is 7.60 Å². The fourth-order valence-corrected chi connectivity index (χ4v) is 4.86. The maximum atomic E-state index is 12.6. The minimum Gasteiger partial charge on any atom is -0.306 e. The summed E-state index contributed by atoms with van der Waals surface area (Å²) in [6.07, 6.45) is 1.83. The summed E-state index contributed by atoms with van der Waals surface area (Å²) < 4.78 is 23.3. The molecule has 0 bridgehead atoms. The highest BCUT2D eigenvalue weighted by Gasteiger charge is 2.18. The zero-order valence-corrected chi connectivity index (χ0v) is 15.8. The molecule has 26 heavy (non-hydrogen) atoms. The largest absolute Gasteiger partial charge is 0.354 e. The summed E-state index contributed by atoms with van der Waals surface area (Å²) in [7, 11) is -3.19. The Hall–Kier alpha value is -2.19. The van der Waals surface area contributed by atoms with Crippen LogP contribution in [0.5, 0.6) is 0 Å². The van der Waals surface area contributed by atoms with E-state index < -0.39 is 7.60 Å². The van der Waals surface area contributed by atoms with Crippen LogP contribution in [0.3, 0.4) is 0 Å². The molecule has 0 aromatic heterocycles. The van der Waals surface area contributed by atoms with Crippen LogP contribution in [-0.4, -0.2) is 13.2 Å². The third kappa shape index (κ3) is 3.03. The van der Waals surface area contributed by atoms with Gasteiger partial charge in [0, 0.05) is 5.82 Å². The van der Waals surface area contributed by atoms with Gasteiger partial charge in [0.25, 0.3) is 0 Å². The molecule has 4 aromatic carbocycles. The van der Waals surface area contributed by atoms with E-state index in [9.17, 15) is 4.57 Å². The van der Waals surface area contributed by atoms with Crippen LogP contribution in [0.15, 0.2) is 60.4 Å². The Morgan fingerprint density at radius 3 is 1.85 bits per heavy atom. The average Bonchev–Trinajstić information content (AvgIpc) is 2.65. The third-order valence-corrected chi connectivity index (χ3v) is 6.30. The molecular weight excluding hydrogens is 343 g/mol. The molecular formula is C22H21O3P. The van der Waals surface area contributed by atoms with Gasteiger partial charge in [-0.1, -0.05) is 42.5 Å². The number of hydrogen-bond acceptors (Lipinski definition) is 3. The lowest BCUT2D eigenvalue weighted by Gasteiger charge is -2.13. The molecule has 3 nitrogen and oxygen atoms in total. The Balaban J connectivity index is 1.84. The van der Waals surface area contributed by atoms with E-state index >= 15 is 0 Å². The van der Waals surface area contributed by atoms with Crippen LogP contribution in [-0.2, 0) is 13.6 Å². The molecule has 0 aliphatic carbocycles. The highest BCUT2D eigenvalue weighted by atomic mass is 31.2. The fraction of sp³-hybridized carbons (Fsp3) is 0.182. The van der Waals surface area contributed by atoms with Crippen molar-refractivity contribution in [3.63, 3.8) is 0 Å². The van der Waals surface area contributed by atoms with E-state index in [1.807, 2.05) is 19.9 Å². The first kappa shape index (κ1) is 17.2. The van der Waals surface area contributed by atoms with E-state index in [-0.39, 0.29) is 0 Å². The molecule has 0 saturated carbocycles. The van der Waals surface area contributed by atoms with Gasteiger partial charge < -0.3 is 9.05 Å². The molecule has 4 heteroatoms. The van der Waals surface area contributed by atoms with Gasteiger partial charge in [-0.25, -0.2) is 0 Å². The molecule has 0 saturated heterocycles. The summed E-state index contributed by atoms with van der Waals surface area (Å²) in [5, 5.41) is 7.42. The van der Waals surface area contributed by atoms with Crippen molar-refractivity contribution in [1.82, 2.24) is 0 Å². The van der Waals surface area contributed by atoms with Crippen molar-refractivity contribution in [2.45, 2.75) is 13.8 Å². The Morgan fingerprint density at radius 2 is 1.31 bits per heavy atom. The maximum absolute atomic E-state index is 12.6. The van der Waals surface area contributed by atoms with Gasteiger partial charge in [-0.2, -0.15) is 0 Å². The monoisotopic (exact) mass is 364 g/mol. The van der Waals surface area contributed by atoms with E-state index in [0.717, 1.165) is 5.56 Å². The molecule has 0 heterocycles. The van der Waals surface area contributed by atoms with Crippen LogP contribution in [0.25, 0.3) is 38.4 Å². The molecule has 132 valence electrons. The molecule has 0 unspecified atom stereocenters. The SMILES string of the molecule is CCOP(=O)(C=Cc1cc2ccc3cccc4ccc(c1)c2c34)OCC. The van der Waals surface area contributed by atoms with E-state index in [0.29, 0.717) is 13.2 Å². The van der Waals surface area contributed by atoms with Gasteiger partial charge in [0.2, 0.25) is 0 Å². The van der Waals surface area contributed by atoms with Gasteiger partial charge in [-0.15, -0.1) is 0 Å². The minimum absolute atomic E-state index is 0.349. The summed E-state index contributed by atoms with van der Waals surface area (Å²) in [5.74, 6) is 1.56. The lowest BCUT2D eigenvalue weighted by molar-refractivity contribution is 0.229. The van der Waals surface area contributed by atoms with E-state index in [4.69, 9.17) is 9.05 Å². The summed E-state index contributed by atoms with van der Waals surface area (Å²) in [5.41, 5.74) is 0.982. The third-order valence-electron chi connectivity index (χ3n) is 4.55. The Labute approximate surface area is 153 Å². The standard InChI is InChI=1S/C22H21O3P/c1-3-24-26(23,25-4-2)13-12-16-14-19-10-8-17-6-5-7-18-9-11-20(15-16)22(19)21(17)18/h5-15H,3-4H2,1-2H3. The normalized spacial score (nSPS) is 12.8. The van der Waals surface area contributed by atoms with Crippen LogP contribution < -0.4 is 0 Å². The second kappa shape index (κ2) is 6.85. The van der Waals surface area contributed by atoms with E-state index in [1.165, 1.54) is 32.3 Å². The van der Waals surface area contributed by atoms with Crippen molar-refractivity contribution >= 4 is 46.0 Å². The Morgan fingerprint density at radius 1 is 0.808 bits per heavy atom. The van der Waals surface area contributed by atoms with Crippen molar-refractivity contribution < 1.29 is 13.6 Å². The van der Waals surface area contributed by atoms with Gasteiger partial charge in [0.05, 0.1) is 13.2 Å². The second-order valence-electron chi connectivity index (χ2n) is 6.24. The van der Waals surface area contributed by atoms with Crippen LogP contribution in [0.4, 0.5) is 0 Å². The molecule has 0 radical (unpaired) electrons. The molecule has 0 fully saturated rings. The molecule has 4 rings (SSSR count). The van der Waals surface area contributed by atoms with Crippen LogP contribution in [0.2, 0.25) is 0 Å². The van der Waals surface area contributed by atoms with E-state index in [1.54, 1.807) is 5.82 Å². The Kier molecular flexibility index (Phi) is 4.54. The lowest BCUT2D eigenvalue weighted by atomic mass is 9.93. The summed E-state index contributed by atoms with van der Waals surface area (Å²) in [6, 6.07) is 19.2. The zero-order chi connectivity index (χ0) is 18.1. The summed E-state index contributed by atoms with van der Waals surface area (Å²) >= 11 is 0. The van der Waals surface area contributed by atoms with Crippen molar-refractivity contribution in [3.05, 3.63) is 66.0 Å². The summed E-state index contributed by atoms with van der Waals surface area (Å²) in [4.78, 5) is 0. The fourth-order valence-electron chi connectivity index (χ4n) is 3.53. The number of rotatable bonds is 6.